The van der Waals surface area contributed by atoms with Crippen LogP contribution < -0.4 is 5.43 Å². The largest absolute Gasteiger partial charge is 0.281 e. The molecule has 0 saturated carbocycles. The number of para-hydroxylation sites is 2. The zero-order valence-electron chi connectivity index (χ0n) is 13.3. The maximum absolute atomic E-state index is 12.8. The van der Waals surface area contributed by atoms with Crippen molar-refractivity contribution in [2.45, 2.75) is 17.7 Å². The molecule has 3 heterocycles. The maximum Gasteiger partial charge on any atom is 0.281 e. The Hall–Kier alpha value is -2.23. The number of aromatic nitrogens is 2. The van der Waals surface area contributed by atoms with Gasteiger partial charge in [-0.15, -0.1) is 11.3 Å². The third-order valence-corrected chi connectivity index (χ3v) is 7.18. The molecule has 9 heteroatoms. The molecule has 1 N–H and O–H groups in total. The van der Waals surface area contributed by atoms with Crippen LogP contribution in [0.3, 0.4) is 0 Å². The van der Waals surface area contributed by atoms with Crippen LogP contribution in [-0.4, -0.2) is 41.4 Å². The number of sulfonamides is 1. The highest BCUT2D eigenvalue weighted by Crippen LogP contribution is 2.27. The van der Waals surface area contributed by atoms with Crippen LogP contribution >= 0.6 is 11.3 Å². The van der Waals surface area contributed by atoms with Crippen LogP contribution in [0, 0.1) is 0 Å². The minimum absolute atomic E-state index is 0.0707. The first-order valence-electron chi connectivity index (χ1n) is 7.88. The molecular weight excluding hydrogens is 360 g/mol. The minimum atomic E-state index is -3.63. The lowest BCUT2D eigenvalue weighted by atomic mass is 10.3. The molecule has 1 aliphatic rings. The summed E-state index contributed by atoms with van der Waals surface area (Å²) in [5.74, 6) is -0.462. The molecule has 0 radical (unpaired) electrons. The van der Waals surface area contributed by atoms with E-state index >= 15 is 0 Å². The number of rotatable bonds is 4. The summed E-state index contributed by atoms with van der Waals surface area (Å²) in [7, 11) is -3.63. The Labute approximate surface area is 148 Å². The van der Waals surface area contributed by atoms with Gasteiger partial charge in [0.25, 0.3) is 5.91 Å². The third kappa shape index (κ3) is 2.84. The number of imidazole rings is 1. The number of thiophene rings is 1. The molecule has 0 atom stereocenters. The van der Waals surface area contributed by atoms with Crippen molar-refractivity contribution in [2.24, 2.45) is 0 Å². The van der Waals surface area contributed by atoms with E-state index in [9.17, 15) is 13.2 Å². The van der Waals surface area contributed by atoms with Crippen LogP contribution in [0.2, 0.25) is 0 Å². The van der Waals surface area contributed by atoms with Gasteiger partial charge in [0.05, 0.1) is 11.0 Å². The Morgan fingerprint density at radius 1 is 1.16 bits per heavy atom. The topological polar surface area (TPSA) is 84.3 Å². The molecule has 25 heavy (non-hydrogen) atoms. The molecule has 7 nitrogen and oxygen atoms in total. The molecule has 0 spiro atoms. The summed E-state index contributed by atoms with van der Waals surface area (Å²) < 4.78 is 28.5. The standard InChI is InChI=1S/C16H16N4O3S2/c21-16(18-20-11-17-12-5-1-2-6-13(12)20)15-14(7-10-24-15)25(22,23)19-8-3-4-9-19/h1-2,5-7,10-11H,3-4,8-9H2,(H,18,21). The summed E-state index contributed by atoms with van der Waals surface area (Å²) in [4.78, 5) is 17.1. The van der Waals surface area contributed by atoms with Gasteiger partial charge in [-0.3, -0.25) is 10.2 Å². The Balaban J connectivity index is 1.65. The minimum Gasteiger partial charge on any atom is -0.266 e. The number of nitrogens with zero attached hydrogens (tertiary/aromatic N) is 3. The van der Waals surface area contributed by atoms with Crippen molar-refractivity contribution in [3.63, 3.8) is 0 Å². The highest BCUT2D eigenvalue weighted by atomic mass is 32.2. The molecule has 130 valence electrons. The van der Waals surface area contributed by atoms with E-state index < -0.39 is 15.9 Å². The molecule has 1 aromatic carbocycles. The van der Waals surface area contributed by atoms with Gasteiger partial charge in [-0.05, 0) is 36.4 Å². The summed E-state index contributed by atoms with van der Waals surface area (Å²) in [6, 6.07) is 8.88. The van der Waals surface area contributed by atoms with Gasteiger partial charge >= 0.3 is 0 Å². The van der Waals surface area contributed by atoms with Crippen molar-refractivity contribution in [3.05, 3.63) is 46.9 Å². The van der Waals surface area contributed by atoms with Crippen LogP contribution in [0.1, 0.15) is 22.5 Å². The van der Waals surface area contributed by atoms with Gasteiger partial charge in [-0.2, -0.15) is 4.31 Å². The normalized spacial score (nSPS) is 15.7. The number of fused-ring (bicyclic) bond motifs is 1. The molecule has 4 rings (SSSR count). The fourth-order valence-electron chi connectivity index (χ4n) is 2.94. The number of hydrogen-bond donors (Lipinski definition) is 1. The summed E-state index contributed by atoms with van der Waals surface area (Å²) in [6.45, 7) is 1.01. The predicted octanol–water partition coefficient (Wildman–Crippen LogP) is 2.27. The van der Waals surface area contributed by atoms with Gasteiger partial charge in [-0.25, -0.2) is 18.1 Å². The van der Waals surface area contributed by atoms with Crippen LogP contribution in [0.5, 0.6) is 0 Å². The number of amides is 1. The van der Waals surface area contributed by atoms with Crippen molar-refractivity contribution in [1.82, 2.24) is 14.0 Å². The van der Waals surface area contributed by atoms with Crippen LogP contribution in [-0.2, 0) is 10.0 Å². The highest BCUT2D eigenvalue weighted by Gasteiger charge is 2.32. The molecule has 0 aliphatic carbocycles. The SMILES string of the molecule is O=C(Nn1cnc2ccccc21)c1sccc1S(=O)(=O)N1CCCC1. The predicted molar refractivity (Wildman–Crippen MR) is 95.7 cm³/mol. The van der Waals surface area contributed by atoms with E-state index in [0.717, 1.165) is 35.2 Å². The maximum atomic E-state index is 12.8. The third-order valence-electron chi connectivity index (χ3n) is 4.19. The monoisotopic (exact) mass is 376 g/mol. The van der Waals surface area contributed by atoms with E-state index in [2.05, 4.69) is 10.4 Å². The van der Waals surface area contributed by atoms with E-state index in [1.165, 1.54) is 21.4 Å². The van der Waals surface area contributed by atoms with Crippen molar-refractivity contribution < 1.29 is 13.2 Å². The van der Waals surface area contributed by atoms with Gasteiger partial charge in [0.1, 0.15) is 16.1 Å². The van der Waals surface area contributed by atoms with Crippen molar-refractivity contribution in [1.29, 1.82) is 0 Å². The average molecular weight is 376 g/mol. The van der Waals surface area contributed by atoms with E-state index in [-0.39, 0.29) is 9.77 Å². The molecule has 0 unspecified atom stereocenters. The van der Waals surface area contributed by atoms with E-state index in [1.54, 1.807) is 5.38 Å². The van der Waals surface area contributed by atoms with E-state index in [4.69, 9.17) is 0 Å². The van der Waals surface area contributed by atoms with Crippen molar-refractivity contribution in [2.75, 3.05) is 18.5 Å². The molecule has 1 amide bonds. The summed E-state index contributed by atoms with van der Waals surface area (Å²) in [6.07, 6.45) is 3.21. The van der Waals surface area contributed by atoms with Gasteiger partial charge in [0.15, 0.2) is 0 Å². The van der Waals surface area contributed by atoms with E-state index in [0.29, 0.717) is 13.1 Å². The Bertz CT molecular complexity index is 1030. The van der Waals surface area contributed by atoms with Gasteiger partial charge < -0.3 is 0 Å². The lowest BCUT2D eigenvalue weighted by Crippen LogP contribution is -2.30. The Morgan fingerprint density at radius 3 is 2.72 bits per heavy atom. The first-order valence-corrected chi connectivity index (χ1v) is 10.2. The quantitative estimate of drug-likeness (QED) is 0.757. The Morgan fingerprint density at radius 2 is 1.92 bits per heavy atom. The Kier molecular flexibility index (Phi) is 4.06. The number of benzene rings is 1. The number of carbonyl (C=O) groups is 1. The number of carbonyl (C=O) groups excluding carboxylic acids is 1. The van der Waals surface area contributed by atoms with Crippen molar-refractivity contribution in [3.8, 4) is 0 Å². The lowest BCUT2D eigenvalue weighted by Gasteiger charge is -2.15. The van der Waals surface area contributed by atoms with Crippen LogP contribution in [0.4, 0.5) is 0 Å². The molecule has 0 bridgehead atoms. The van der Waals surface area contributed by atoms with Crippen LogP contribution in [0.25, 0.3) is 11.0 Å². The second-order valence-corrected chi connectivity index (χ2v) is 8.59. The molecule has 1 saturated heterocycles. The molecular formula is C16H16N4O3S2. The fraction of sp³-hybridized carbons (Fsp3) is 0.250. The highest BCUT2D eigenvalue weighted by molar-refractivity contribution is 7.89. The molecule has 1 aliphatic heterocycles. The number of nitrogens with one attached hydrogen (secondary N) is 1. The van der Waals surface area contributed by atoms with E-state index in [1.807, 2.05) is 24.3 Å². The fourth-order valence-corrected chi connectivity index (χ4v) is 5.75. The second kappa shape index (κ2) is 6.25. The molecule has 3 aromatic rings. The number of hydrogen-bond acceptors (Lipinski definition) is 5. The smallest absolute Gasteiger partial charge is 0.266 e. The first-order chi connectivity index (χ1) is 12.1. The van der Waals surface area contributed by atoms with Crippen LogP contribution in [0.15, 0.2) is 46.9 Å². The second-order valence-electron chi connectivity index (χ2n) is 5.77. The average Bonchev–Trinajstić information content (AvgIpc) is 3.35. The summed E-state index contributed by atoms with van der Waals surface area (Å²) in [5.41, 5.74) is 4.21. The molecule has 1 fully saturated rings. The van der Waals surface area contributed by atoms with Gasteiger partial charge in [0, 0.05) is 13.1 Å². The van der Waals surface area contributed by atoms with Gasteiger partial charge in [0.2, 0.25) is 10.0 Å². The zero-order chi connectivity index (χ0) is 17.4. The van der Waals surface area contributed by atoms with Gasteiger partial charge in [-0.1, -0.05) is 12.1 Å². The molecule has 2 aromatic heterocycles. The first kappa shape index (κ1) is 16.2. The summed E-state index contributed by atoms with van der Waals surface area (Å²) in [5, 5.41) is 1.63. The summed E-state index contributed by atoms with van der Waals surface area (Å²) >= 11 is 1.12. The lowest BCUT2D eigenvalue weighted by molar-refractivity contribution is 0.101. The van der Waals surface area contributed by atoms with Crippen molar-refractivity contribution >= 4 is 38.3 Å². The zero-order valence-corrected chi connectivity index (χ0v) is 14.9.